The molecule has 0 N–H and O–H groups in total. The molecule has 152 valence electrons. The van der Waals surface area contributed by atoms with Gasteiger partial charge in [-0.1, -0.05) is 24.1 Å². The van der Waals surface area contributed by atoms with Crippen molar-refractivity contribution < 1.29 is 18.9 Å². The molecule has 0 saturated carbocycles. The lowest BCUT2D eigenvalue weighted by Crippen LogP contribution is -2.33. The summed E-state index contributed by atoms with van der Waals surface area (Å²) in [5.74, 6) is 0. The van der Waals surface area contributed by atoms with Gasteiger partial charge in [0.25, 0.3) is 0 Å². The van der Waals surface area contributed by atoms with Crippen molar-refractivity contribution in [3.8, 4) is 0 Å². The van der Waals surface area contributed by atoms with E-state index < -0.39 is 11.1 Å². The Bertz CT molecular complexity index is 281. The fraction of sp³-hybridized carbons (Fsp3) is 1.00. The van der Waals surface area contributed by atoms with Crippen LogP contribution < -0.4 is 0 Å². The second-order valence-corrected chi connectivity index (χ2v) is 9.43. The highest BCUT2D eigenvalue weighted by Gasteiger charge is 2.26. The van der Waals surface area contributed by atoms with E-state index in [0.717, 1.165) is 32.0 Å². The minimum atomic E-state index is -0.423. The normalized spacial score (nSPS) is 13.9. The van der Waals surface area contributed by atoms with Crippen LogP contribution in [-0.4, -0.2) is 74.3 Å². The molecule has 25 heavy (non-hydrogen) atoms. The van der Waals surface area contributed by atoms with E-state index in [0.29, 0.717) is 43.6 Å². The third kappa shape index (κ3) is 11.9. The maximum atomic E-state index is 5.80. The van der Waals surface area contributed by atoms with Crippen LogP contribution in [0.15, 0.2) is 0 Å². The highest BCUT2D eigenvalue weighted by molar-refractivity contribution is 7.39. The Morgan fingerprint density at radius 1 is 0.640 bits per heavy atom. The first kappa shape index (κ1) is 25.7. The molecule has 2 unspecified atom stereocenters. The molecule has 0 aliphatic heterocycles. The molecule has 0 aromatic heterocycles. The molecule has 0 spiro atoms. The van der Waals surface area contributed by atoms with E-state index >= 15 is 0 Å². The maximum absolute atomic E-state index is 5.80. The van der Waals surface area contributed by atoms with E-state index in [-0.39, 0.29) is 0 Å². The van der Waals surface area contributed by atoms with Gasteiger partial charge in [-0.3, -0.25) is 0 Å². The third-order valence-electron chi connectivity index (χ3n) is 3.87. The van der Waals surface area contributed by atoms with Crippen molar-refractivity contribution in [3.05, 3.63) is 0 Å². The first-order chi connectivity index (χ1) is 11.9. The summed E-state index contributed by atoms with van der Waals surface area (Å²) in [6.45, 7) is 20.4. The number of hydrogen-bond donors (Lipinski definition) is 0. The standard InChI is InChI=1S/C18H41NO4P2/c1-8-19(13-15-24-17(6,20-9-2)21-10-3)14-16-25-18(7,22-11-4)23-12-5/h24-25H,8-16H2,1-7H3. The minimum Gasteiger partial charge on any atom is -0.347 e. The summed E-state index contributed by atoms with van der Waals surface area (Å²) in [5.41, 5.74) is -0.847. The van der Waals surface area contributed by atoms with Gasteiger partial charge >= 0.3 is 0 Å². The lowest BCUT2D eigenvalue weighted by molar-refractivity contribution is -0.156. The zero-order valence-corrected chi connectivity index (χ0v) is 19.4. The second-order valence-electron chi connectivity index (χ2n) is 5.91. The average molecular weight is 397 g/mol. The molecule has 0 bridgehead atoms. The Labute approximate surface area is 159 Å². The zero-order valence-electron chi connectivity index (χ0n) is 17.4. The van der Waals surface area contributed by atoms with Crippen LogP contribution in [0.1, 0.15) is 48.5 Å². The molecular formula is C18H41NO4P2. The number of nitrogens with zero attached hydrogens (tertiary/aromatic N) is 1. The van der Waals surface area contributed by atoms with Gasteiger partial charge < -0.3 is 23.8 Å². The lowest BCUT2D eigenvalue weighted by atomic mass is 10.5. The fourth-order valence-electron chi connectivity index (χ4n) is 2.70. The summed E-state index contributed by atoms with van der Waals surface area (Å²) < 4.78 is 23.2. The van der Waals surface area contributed by atoms with Crippen molar-refractivity contribution in [3.63, 3.8) is 0 Å². The molecule has 0 aromatic carbocycles. The van der Waals surface area contributed by atoms with E-state index in [1.165, 1.54) is 0 Å². The van der Waals surface area contributed by atoms with Crippen LogP contribution in [0, 0.1) is 0 Å². The Kier molecular flexibility index (Phi) is 15.1. The number of ether oxygens (including phenoxy) is 4. The Hall–Kier alpha value is 0.660. The summed E-state index contributed by atoms with van der Waals surface area (Å²) in [4.78, 5) is 2.50. The molecule has 0 aliphatic carbocycles. The van der Waals surface area contributed by atoms with E-state index in [1.807, 2.05) is 27.7 Å². The Morgan fingerprint density at radius 3 is 1.20 bits per heavy atom. The zero-order chi connectivity index (χ0) is 19.2. The molecule has 0 aliphatic rings. The SMILES string of the molecule is CCOC(C)(OCC)PCCN(CC)CCPC(C)(OCC)OCC. The minimum absolute atomic E-state index is 0.423. The summed E-state index contributed by atoms with van der Waals surface area (Å²) in [6.07, 6.45) is 2.20. The van der Waals surface area contributed by atoms with E-state index in [4.69, 9.17) is 18.9 Å². The predicted molar refractivity (Wildman–Crippen MR) is 112 cm³/mol. The molecule has 0 fully saturated rings. The molecule has 0 heterocycles. The monoisotopic (exact) mass is 397 g/mol. The largest absolute Gasteiger partial charge is 0.347 e. The molecule has 0 saturated heterocycles. The van der Waals surface area contributed by atoms with Crippen LogP contribution in [-0.2, 0) is 18.9 Å². The average Bonchev–Trinajstić information content (AvgIpc) is 2.54. The molecule has 5 nitrogen and oxygen atoms in total. The molecule has 7 heteroatoms. The van der Waals surface area contributed by atoms with Gasteiger partial charge in [0.15, 0.2) is 11.1 Å². The van der Waals surface area contributed by atoms with Gasteiger partial charge in [-0.25, -0.2) is 0 Å². The second kappa shape index (κ2) is 14.7. The first-order valence-corrected chi connectivity index (χ1v) is 12.1. The highest BCUT2D eigenvalue weighted by atomic mass is 31.1. The maximum Gasteiger partial charge on any atom is 0.180 e. The Balaban J connectivity index is 4.24. The molecule has 0 aromatic rings. The van der Waals surface area contributed by atoms with Gasteiger partial charge in [-0.05, 0) is 60.4 Å². The van der Waals surface area contributed by atoms with Gasteiger partial charge in [0, 0.05) is 39.5 Å². The quantitative estimate of drug-likeness (QED) is 0.272. The van der Waals surface area contributed by atoms with Crippen LogP contribution in [0.5, 0.6) is 0 Å². The summed E-state index contributed by atoms with van der Waals surface area (Å²) in [6, 6.07) is 0. The van der Waals surface area contributed by atoms with E-state index in [2.05, 4.69) is 25.7 Å². The van der Waals surface area contributed by atoms with Crippen LogP contribution in [0.4, 0.5) is 0 Å². The van der Waals surface area contributed by atoms with Gasteiger partial charge in [0.1, 0.15) is 0 Å². The summed E-state index contributed by atoms with van der Waals surface area (Å²) in [7, 11) is 1.29. The summed E-state index contributed by atoms with van der Waals surface area (Å²) >= 11 is 0. The molecule has 2 atom stereocenters. The van der Waals surface area contributed by atoms with Crippen molar-refractivity contribution >= 4 is 17.2 Å². The molecule has 0 rings (SSSR count). The van der Waals surface area contributed by atoms with Crippen molar-refractivity contribution in [2.75, 3.05) is 58.4 Å². The van der Waals surface area contributed by atoms with Crippen molar-refractivity contribution in [2.24, 2.45) is 0 Å². The van der Waals surface area contributed by atoms with Crippen LogP contribution >= 0.6 is 17.2 Å². The summed E-state index contributed by atoms with van der Waals surface area (Å²) in [5, 5.41) is 0. The van der Waals surface area contributed by atoms with Gasteiger partial charge in [0.05, 0.1) is 0 Å². The molecule has 0 radical (unpaired) electrons. The fourth-order valence-corrected chi connectivity index (χ4v) is 5.45. The van der Waals surface area contributed by atoms with Crippen molar-refractivity contribution in [2.45, 2.75) is 59.5 Å². The molecule has 0 amide bonds. The van der Waals surface area contributed by atoms with Crippen LogP contribution in [0.3, 0.4) is 0 Å². The molecular weight excluding hydrogens is 356 g/mol. The first-order valence-electron chi connectivity index (χ1n) is 9.66. The topological polar surface area (TPSA) is 40.2 Å². The van der Waals surface area contributed by atoms with Crippen LogP contribution in [0.25, 0.3) is 0 Å². The van der Waals surface area contributed by atoms with Crippen molar-refractivity contribution in [1.29, 1.82) is 0 Å². The van der Waals surface area contributed by atoms with Gasteiger partial charge in [-0.15, -0.1) is 0 Å². The van der Waals surface area contributed by atoms with Crippen LogP contribution in [0.2, 0.25) is 0 Å². The smallest absolute Gasteiger partial charge is 0.180 e. The van der Waals surface area contributed by atoms with Gasteiger partial charge in [-0.2, -0.15) is 0 Å². The van der Waals surface area contributed by atoms with Crippen molar-refractivity contribution in [1.82, 2.24) is 4.90 Å². The Morgan fingerprint density at radius 2 is 0.960 bits per heavy atom. The third-order valence-corrected chi connectivity index (χ3v) is 6.68. The van der Waals surface area contributed by atoms with E-state index in [1.54, 1.807) is 0 Å². The highest BCUT2D eigenvalue weighted by Crippen LogP contribution is 2.35. The van der Waals surface area contributed by atoms with Gasteiger partial charge in [0.2, 0.25) is 0 Å². The number of hydrogen-bond acceptors (Lipinski definition) is 5. The number of rotatable bonds is 17. The van der Waals surface area contributed by atoms with E-state index in [9.17, 15) is 0 Å². The predicted octanol–water partition coefficient (Wildman–Crippen LogP) is 4.16. The lowest BCUT2D eigenvalue weighted by Gasteiger charge is -2.31.